The Bertz CT molecular complexity index is 671. The van der Waals surface area contributed by atoms with Gasteiger partial charge in [-0.25, -0.2) is 4.72 Å². The molecule has 4 rings (SSSR count). The highest BCUT2D eigenvalue weighted by Crippen LogP contribution is 2.41. The third-order valence-electron chi connectivity index (χ3n) is 4.41. The minimum atomic E-state index is -3.62. The minimum absolute atomic E-state index is 0.0845. The first-order chi connectivity index (χ1) is 10.4. The summed E-state index contributed by atoms with van der Waals surface area (Å²) in [7, 11) is -3.62. The van der Waals surface area contributed by atoms with E-state index in [0.29, 0.717) is 23.0 Å². The van der Waals surface area contributed by atoms with Crippen LogP contribution in [0.25, 0.3) is 0 Å². The van der Waals surface area contributed by atoms with Crippen molar-refractivity contribution in [1.82, 2.24) is 9.03 Å². The topological polar surface area (TPSA) is 86.7 Å². The summed E-state index contributed by atoms with van der Waals surface area (Å²) in [5, 5.41) is 9.84. The molecule has 0 aromatic heterocycles. The number of nitrogens with one attached hydrogen (secondary N) is 1. The standard InChI is InChI=1S/C14H17ClN2O4S/c15-11-3-1-10(2-4-11)13(14(18)19)7-16-22(20,21)17-8-9-5-12(17)6-9/h1-4,9,12-13,16H,5-8H2,(H,18,19). The van der Waals surface area contributed by atoms with E-state index in [1.165, 1.54) is 4.31 Å². The van der Waals surface area contributed by atoms with E-state index in [1.807, 2.05) is 0 Å². The fourth-order valence-corrected chi connectivity index (χ4v) is 4.74. The van der Waals surface area contributed by atoms with Crippen LogP contribution < -0.4 is 4.72 Å². The van der Waals surface area contributed by atoms with Gasteiger partial charge >= 0.3 is 5.97 Å². The van der Waals surface area contributed by atoms with Crippen molar-refractivity contribution < 1.29 is 18.3 Å². The van der Waals surface area contributed by atoms with Gasteiger partial charge in [0.15, 0.2) is 0 Å². The van der Waals surface area contributed by atoms with E-state index in [-0.39, 0.29) is 12.6 Å². The van der Waals surface area contributed by atoms with Crippen molar-refractivity contribution in [3.05, 3.63) is 34.9 Å². The van der Waals surface area contributed by atoms with Gasteiger partial charge < -0.3 is 5.11 Å². The molecule has 1 aliphatic carbocycles. The van der Waals surface area contributed by atoms with Crippen molar-refractivity contribution in [1.29, 1.82) is 0 Å². The summed E-state index contributed by atoms with van der Waals surface area (Å²) in [6, 6.07) is 6.47. The van der Waals surface area contributed by atoms with Crippen molar-refractivity contribution in [2.45, 2.75) is 24.8 Å². The van der Waals surface area contributed by atoms with Crippen LogP contribution in [-0.2, 0) is 15.0 Å². The summed E-state index contributed by atoms with van der Waals surface area (Å²) in [5.41, 5.74) is 0.519. The van der Waals surface area contributed by atoms with Crippen LogP contribution in [0.1, 0.15) is 24.3 Å². The smallest absolute Gasteiger partial charge is 0.312 e. The second kappa shape index (κ2) is 5.81. The number of rotatable bonds is 6. The van der Waals surface area contributed by atoms with Gasteiger partial charge in [-0.05, 0) is 36.5 Å². The lowest BCUT2D eigenvalue weighted by Gasteiger charge is -2.26. The second-order valence-electron chi connectivity index (χ2n) is 5.86. The number of carbonyl (C=O) groups is 1. The molecule has 0 radical (unpaired) electrons. The molecule has 2 heterocycles. The minimum Gasteiger partial charge on any atom is -0.481 e. The van der Waals surface area contributed by atoms with Crippen LogP contribution in [0, 0.1) is 5.92 Å². The van der Waals surface area contributed by atoms with Crippen LogP contribution in [0.2, 0.25) is 5.02 Å². The first kappa shape index (κ1) is 15.7. The first-order valence-electron chi connectivity index (χ1n) is 7.11. The van der Waals surface area contributed by atoms with Crippen molar-refractivity contribution in [2.24, 2.45) is 5.92 Å². The summed E-state index contributed by atoms with van der Waals surface area (Å²) in [4.78, 5) is 11.4. The zero-order chi connectivity index (χ0) is 15.9. The van der Waals surface area contributed by atoms with Crippen LogP contribution in [0.4, 0.5) is 0 Å². The van der Waals surface area contributed by atoms with Crippen molar-refractivity contribution in [3.8, 4) is 0 Å². The third-order valence-corrected chi connectivity index (χ3v) is 6.25. The maximum atomic E-state index is 12.3. The largest absolute Gasteiger partial charge is 0.481 e. The average molecular weight is 345 g/mol. The predicted octanol–water partition coefficient (Wildman–Crippen LogP) is 1.44. The van der Waals surface area contributed by atoms with E-state index >= 15 is 0 Å². The fraction of sp³-hybridized carbons (Fsp3) is 0.500. The Morgan fingerprint density at radius 2 is 2.00 bits per heavy atom. The van der Waals surface area contributed by atoms with Crippen molar-refractivity contribution in [3.63, 3.8) is 0 Å². The summed E-state index contributed by atoms with van der Waals surface area (Å²) in [6.45, 7) is 0.367. The molecule has 1 saturated carbocycles. The molecule has 8 heteroatoms. The Labute approximate surface area is 134 Å². The molecule has 2 saturated heterocycles. The highest BCUT2D eigenvalue weighted by Gasteiger charge is 2.48. The van der Waals surface area contributed by atoms with Crippen molar-refractivity contribution >= 4 is 27.8 Å². The number of fused-ring (bicyclic) bond motifs is 1. The lowest BCUT2D eigenvalue weighted by atomic mass is 9.87. The summed E-state index contributed by atoms with van der Waals surface area (Å²) in [6.07, 6.45) is 1.83. The van der Waals surface area contributed by atoms with Crippen LogP contribution in [-0.4, -0.2) is 42.9 Å². The number of benzene rings is 1. The number of carboxylic acids is 1. The molecule has 3 fully saturated rings. The van der Waals surface area contributed by atoms with Gasteiger partial charge in [-0.1, -0.05) is 23.7 Å². The van der Waals surface area contributed by atoms with E-state index in [1.54, 1.807) is 24.3 Å². The number of halogens is 1. The quantitative estimate of drug-likeness (QED) is 0.817. The molecular weight excluding hydrogens is 328 g/mol. The van der Waals surface area contributed by atoms with E-state index in [2.05, 4.69) is 4.72 Å². The Hall–Kier alpha value is -1.15. The van der Waals surface area contributed by atoms with Gasteiger partial charge in [0.25, 0.3) is 10.2 Å². The summed E-state index contributed by atoms with van der Waals surface area (Å²) >= 11 is 5.79. The molecule has 120 valence electrons. The zero-order valence-corrected chi connectivity index (χ0v) is 13.3. The van der Waals surface area contributed by atoms with E-state index in [0.717, 1.165) is 12.8 Å². The summed E-state index contributed by atoms with van der Waals surface area (Å²) in [5.74, 6) is -1.55. The Kier molecular flexibility index (Phi) is 4.15. The molecular formula is C14H17ClN2O4S. The van der Waals surface area contributed by atoms with Gasteiger partial charge in [0.2, 0.25) is 0 Å². The highest BCUT2D eigenvalue weighted by atomic mass is 35.5. The van der Waals surface area contributed by atoms with E-state index in [4.69, 9.17) is 11.6 Å². The Balaban J connectivity index is 1.69. The molecule has 2 N–H and O–H groups in total. The lowest BCUT2D eigenvalue weighted by molar-refractivity contribution is -0.138. The summed E-state index contributed by atoms with van der Waals surface area (Å²) < 4.78 is 28.5. The number of aliphatic carboxylic acids is 1. The highest BCUT2D eigenvalue weighted by molar-refractivity contribution is 7.87. The molecule has 1 aromatic rings. The third kappa shape index (κ3) is 2.99. The molecule has 6 nitrogen and oxygen atoms in total. The van der Waals surface area contributed by atoms with Gasteiger partial charge in [-0.3, -0.25) is 4.79 Å². The van der Waals surface area contributed by atoms with Gasteiger partial charge in [0.1, 0.15) is 0 Å². The van der Waals surface area contributed by atoms with Crippen LogP contribution in [0.3, 0.4) is 0 Å². The van der Waals surface area contributed by atoms with Gasteiger partial charge in [-0.15, -0.1) is 0 Å². The van der Waals surface area contributed by atoms with Gasteiger partial charge in [0, 0.05) is 24.2 Å². The molecule has 2 aliphatic heterocycles. The van der Waals surface area contributed by atoms with Gasteiger partial charge in [-0.2, -0.15) is 12.7 Å². The average Bonchev–Trinajstić information content (AvgIpc) is 3.01. The lowest BCUT2D eigenvalue weighted by Crippen LogP contribution is -2.44. The fourth-order valence-electron chi connectivity index (χ4n) is 3.10. The molecule has 3 aliphatic rings. The molecule has 0 spiro atoms. The first-order valence-corrected chi connectivity index (χ1v) is 8.93. The van der Waals surface area contributed by atoms with E-state index in [9.17, 15) is 18.3 Å². The SMILES string of the molecule is O=C(O)C(CNS(=O)(=O)N1CC2CC1C2)c1ccc(Cl)cc1. The maximum absolute atomic E-state index is 12.3. The van der Waals surface area contributed by atoms with Crippen LogP contribution in [0.5, 0.6) is 0 Å². The maximum Gasteiger partial charge on any atom is 0.312 e. The van der Waals surface area contributed by atoms with Crippen LogP contribution >= 0.6 is 11.6 Å². The Morgan fingerprint density at radius 3 is 2.50 bits per heavy atom. The molecule has 0 amide bonds. The molecule has 1 atom stereocenters. The zero-order valence-electron chi connectivity index (χ0n) is 11.8. The molecule has 22 heavy (non-hydrogen) atoms. The van der Waals surface area contributed by atoms with Crippen LogP contribution in [0.15, 0.2) is 24.3 Å². The van der Waals surface area contributed by atoms with E-state index < -0.39 is 22.1 Å². The second-order valence-corrected chi connectivity index (χ2v) is 8.00. The number of hydrogen-bond acceptors (Lipinski definition) is 3. The normalized spacial score (nSPS) is 25.7. The van der Waals surface area contributed by atoms with Gasteiger partial charge in [0.05, 0.1) is 5.92 Å². The molecule has 1 aromatic carbocycles. The van der Waals surface area contributed by atoms with Crippen molar-refractivity contribution in [2.75, 3.05) is 13.1 Å². The monoisotopic (exact) mass is 344 g/mol. The molecule has 2 bridgehead atoms. The molecule has 1 unspecified atom stereocenters. The number of carboxylic acid groups (broad SMARTS) is 1. The predicted molar refractivity (Wildman–Crippen MR) is 82.0 cm³/mol. The number of hydrogen-bond donors (Lipinski definition) is 2. The Morgan fingerprint density at radius 1 is 1.36 bits per heavy atom. The number of nitrogens with zero attached hydrogens (tertiary/aromatic N) is 1.